The van der Waals surface area contributed by atoms with Gasteiger partial charge in [0, 0.05) is 17.6 Å². The van der Waals surface area contributed by atoms with E-state index in [4.69, 9.17) is 0 Å². The molecule has 0 atom stereocenters. The van der Waals surface area contributed by atoms with E-state index >= 15 is 0 Å². The van der Waals surface area contributed by atoms with Crippen molar-refractivity contribution in [2.75, 3.05) is 10.6 Å². The fourth-order valence-electron chi connectivity index (χ4n) is 3.22. The summed E-state index contributed by atoms with van der Waals surface area (Å²) in [6, 6.07) is 12.1. The molecule has 0 spiro atoms. The average Bonchev–Trinajstić information content (AvgIpc) is 2.58. The Kier molecular flexibility index (Phi) is 6.41. The zero-order valence-corrected chi connectivity index (χ0v) is 16.9. The lowest BCUT2D eigenvalue weighted by Gasteiger charge is -2.16. The summed E-state index contributed by atoms with van der Waals surface area (Å²) in [5.74, 6) is -0.144. The number of para-hydroxylation sites is 1. The van der Waals surface area contributed by atoms with Gasteiger partial charge < -0.3 is 10.6 Å². The van der Waals surface area contributed by atoms with Crippen molar-refractivity contribution in [3.63, 3.8) is 0 Å². The Morgan fingerprint density at radius 3 is 2.22 bits per heavy atom. The smallest absolute Gasteiger partial charge is 0.267 e. The molecule has 2 aromatic carbocycles. The quantitative estimate of drug-likeness (QED) is 0.546. The monoisotopic (exact) mass is 361 g/mol. The molecule has 27 heavy (non-hydrogen) atoms. The average molecular weight is 361 g/mol. The van der Waals surface area contributed by atoms with Crippen LogP contribution in [-0.4, -0.2) is 5.91 Å². The van der Waals surface area contributed by atoms with Crippen molar-refractivity contribution in [2.24, 2.45) is 0 Å². The Labute approximate surface area is 161 Å². The molecular weight excluding hydrogens is 334 g/mol. The highest BCUT2D eigenvalue weighted by atomic mass is 16.1. The molecule has 0 saturated carbocycles. The van der Waals surface area contributed by atoms with E-state index in [1.807, 2.05) is 52.0 Å². The van der Waals surface area contributed by atoms with Gasteiger partial charge in [0.1, 0.15) is 11.6 Å². The molecule has 0 heterocycles. The number of nitrogens with zero attached hydrogens (tertiary/aromatic N) is 1. The van der Waals surface area contributed by atoms with Gasteiger partial charge in [0.2, 0.25) is 0 Å². The summed E-state index contributed by atoms with van der Waals surface area (Å²) in [6.45, 7) is 12.2. The number of carbonyl (C=O) groups excluding carboxylic acids is 1. The number of amides is 1. The van der Waals surface area contributed by atoms with E-state index in [9.17, 15) is 10.1 Å². The van der Waals surface area contributed by atoms with Gasteiger partial charge in [0.15, 0.2) is 0 Å². The Bertz CT molecular complexity index is 910. The number of rotatable bonds is 5. The molecule has 0 unspecified atom stereocenters. The van der Waals surface area contributed by atoms with Gasteiger partial charge in [-0.25, -0.2) is 0 Å². The van der Waals surface area contributed by atoms with Crippen LogP contribution in [0.5, 0.6) is 0 Å². The van der Waals surface area contributed by atoms with Crippen LogP contribution in [0, 0.1) is 39.0 Å². The second kappa shape index (κ2) is 8.55. The number of nitrogens with one attached hydrogen (secondary N) is 2. The summed E-state index contributed by atoms with van der Waals surface area (Å²) in [7, 11) is 0. The zero-order chi connectivity index (χ0) is 20.1. The fraction of sp³-hybridized carbons (Fsp3) is 0.304. The van der Waals surface area contributed by atoms with E-state index in [1.54, 1.807) is 0 Å². The van der Waals surface area contributed by atoms with Crippen molar-refractivity contribution >= 4 is 17.3 Å². The molecule has 0 bridgehead atoms. The van der Waals surface area contributed by atoms with Crippen molar-refractivity contribution in [1.82, 2.24) is 0 Å². The van der Waals surface area contributed by atoms with Crippen LogP contribution < -0.4 is 10.6 Å². The highest BCUT2D eigenvalue weighted by Gasteiger charge is 2.15. The predicted molar refractivity (Wildman–Crippen MR) is 112 cm³/mol. The number of hydrogen-bond acceptors (Lipinski definition) is 3. The first-order valence-corrected chi connectivity index (χ1v) is 9.10. The normalized spacial score (nSPS) is 11.3. The van der Waals surface area contributed by atoms with E-state index in [-0.39, 0.29) is 11.5 Å². The molecule has 140 valence electrons. The molecule has 0 radical (unpaired) electrons. The van der Waals surface area contributed by atoms with Crippen LogP contribution >= 0.6 is 0 Å². The first-order chi connectivity index (χ1) is 12.7. The van der Waals surface area contributed by atoms with E-state index in [1.165, 1.54) is 11.8 Å². The first kappa shape index (κ1) is 20.3. The number of aryl methyl sites for hydroxylation is 4. The van der Waals surface area contributed by atoms with Crippen molar-refractivity contribution in [3.05, 3.63) is 69.9 Å². The number of carbonyl (C=O) groups is 1. The lowest BCUT2D eigenvalue weighted by molar-refractivity contribution is -0.112. The van der Waals surface area contributed by atoms with Crippen LogP contribution in [0.1, 0.15) is 47.6 Å². The number of anilines is 2. The third kappa shape index (κ3) is 4.77. The standard InChI is InChI=1S/C23H27N3O/c1-14(2)20-9-7-8-16(4)22(20)26-23(27)19(12-24)13-25-21-17(5)10-15(3)11-18(21)6/h7-11,13-14,25H,1-6H3,(H,26,27)/b19-13-. The molecule has 0 aliphatic rings. The summed E-state index contributed by atoms with van der Waals surface area (Å²) < 4.78 is 0. The number of nitriles is 1. The lowest BCUT2D eigenvalue weighted by atomic mass is 9.98. The minimum atomic E-state index is -0.413. The molecule has 0 saturated heterocycles. The van der Waals surface area contributed by atoms with E-state index in [2.05, 4.69) is 36.6 Å². The third-order valence-corrected chi connectivity index (χ3v) is 4.57. The van der Waals surface area contributed by atoms with Crippen LogP contribution in [0.15, 0.2) is 42.1 Å². The van der Waals surface area contributed by atoms with Crippen LogP contribution in [-0.2, 0) is 4.79 Å². The highest BCUT2D eigenvalue weighted by molar-refractivity contribution is 6.07. The topological polar surface area (TPSA) is 64.9 Å². The summed E-state index contributed by atoms with van der Waals surface area (Å²) in [5, 5.41) is 15.5. The maximum Gasteiger partial charge on any atom is 0.267 e. The van der Waals surface area contributed by atoms with Crippen LogP contribution in [0.2, 0.25) is 0 Å². The summed E-state index contributed by atoms with van der Waals surface area (Å²) in [5.41, 5.74) is 7.08. The van der Waals surface area contributed by atoms with E-state index in [0.29, 0.717) is 0 Å². The van der Waals surface area contributed by atoms with Crippen molar-refractivity contribution in [3.8, 4) is 6.07 Å². The molecule has 0 aromatic heterocycles. The minimum absolute atomic E-state index is 0.0346. The van der Waals surface area contributed by atoms with Crippen molar-refractivity contribution in [1.29, 1.82) is 5.26 Å². The van der Waals surface area contributed by atoms with E-state index < -0.39 is 5.91 Å². The molecule has 0 aliphatic heterocycles. The highest BCUT2D eigenvalue weighted by Crippen LogP contribution is 2.28. The molecule has 2 N–H and O–H groups in total. The van der Waals surface area contributed by atoms with Crippen LogP contribution in [0.25, 0.3) is 0 Å². The summed E-state index contributed by atoms with van der Waals surface area (Å²) in [6.07, 6.45) is 1.48. The number of benzene rings is 2. The van der Waals surface area contributed by atoms with E-state index in [0.717, 1.165) is 33.6 Å². The number of hydrogen-bond donors (Lipinski definition) is 2. The maximum atomic E-state index is 12.7. The molecule has 2 rings (SSSR count). The molecular formula is C23H27N3O. The Balaban J connectivity index is 2.28. The first-order valence-electron chi connectivity index (χ1n) is 9.10. The third-order valence-electron chi connectivity index (χ3n) is 4.57. The van der Waals surface area contributed by atoms with Gasteiger partial charge >= 0.3 is 0 Å². The Hall–Kier alpha value is -3.06. The van der Waals surface area contributed by atoms with Gasteiger partial charge in [0.25, 0.3) is 5.91 Å². The SMILES string of the molecule is Cc1cc(C)c(N/C=C(/C#N)C(=O)Nc2c(C)cccc2C(C)C)c(C)c1. The largest absolute Gasteiger partial charge is 0.360 e. The Morgan fingerprint density at radius 2 is 1.67 bits per heavy atom. The predicted octanol–water partition coefficient (Wildman–Crippen LogP) is 5.50. The molecule has 1 amide bonds. The summed E-state index contributed by atoms with van der Waals surface area (Å²) in [4.78, 5) is 12.7. The molecule has 4 heteroatoms. The Morgan fingerprint density at radius 1 is 1.04 bits per heavy atom. The fourth-order valence-corrected chi connectivity index (χ4v) is 3.22. The van der Waals surface area contributed by atoms with Gasteiger partial charge in [-0.15, -0.1) is 0 Å². The van der Waals surface area contributed by atoms with Crippen LogP contribution in [0.3, 0.4) is 0 Å². The minimum Gasteiger partial charge on any atom is -0.360 e. The van der Waals surface area contributed by atoms with Gasteiger partial charge in [-0.05, 0) is 55.9 Å². The second-order valence-electron chi connectivity index (χ2n) is 7.24. The molecule has 2 aromatic rings. The van der Waals surface area contributed by atoms with Gasteiger partial charge in [-0.3, -0.25) is 4.79 Å². The van der Waals surface area contributed by atoms with Gasteiger partial charge in [-0.1, -0.05) is 49.7 Å². The van der Waals surface area contributed by atoms with Crippen LogP contribution in [0.4, 0.5) is 11.4 Å². The van der Waals surface area contributed by atoms with Gasteiger partial charge in [0.05, 0.1) is 0 Å². The molecule has 0 fully saturated rings. The second-order valence-corrected chi connectivity index (χ2v) is 7.24. The van der Waals surface area contributed by atoms with Crippen molar-refractivity contribution < 1.29 is 4.79 Å². The summed E-state index contributed by atoms with van der Waals surface area (Å²) >= 11 is 0. The zero-order valence-electron chi connectivity index (χ0n) is 16.9. The van der Waals surface area contributed by atoms with Crippen molar-refractivity contribution in [2.45, 2.75) is 47.5 Å². The van der Waals surface area contributed by atoms with Gasteiger partial charge in [-0.2, -0.15) is 5.26 Å². The lowest BCUT2D eigenvalue weighted by Crippen LogP contribution is -2.17. The maximum absolute atomic E-state index is 12.7. The molecule has 4 nitrogen and oxygen atoms in total. The molecule has 0 aliphatic carbocycles.